The van der Waals surface area contributed by atoms with E-state index in [4.69, 9.17) is 4.74 Å². The van der Waals surface area contributed by atoms with Crippen molar-refractivity contribution in [3.63, 3.8) is 0 Å². The average molecular weight is 269 g/mol. The second kappa shape index (κ2) is 6.33. The molecule has 1 saturated heterocycles. The molecule has 1 heterocycles. The van der Waals surface area contributed by atoms with Crippen LogP contribution in [0.1, 0.15) is 31.7 Å². The van der Waals surface area contributed by atoms with E-state index in [1.165, 1.54) is 25.0 Å². The van der Waals surface area contributed by atoms with Crippen LogP contribution in [0, 0.1) is 18.6 Å². The predicted octanol–water partition coefficient (Wildman–Crippen LogP) is 3.53. The van der Waals surface area contributed by atoms with Crippen molar-refractivity contribution in [2.45, 2.75) is 39.2 Å². The number of rotatable bonds is 5. The van der Waals surface area contributed by atoms with Gasteiger partial charge in [0.05, 0.1) is 6.61 Å². The normalized spacial score (nSPS) is 19.9. The van der Waals surface area contributed by atoms with Gasteiger partial charge in [0.15, 0.2) is 17.4 Å². The van der Waals surface area contributed by atoms with Crippen LogP contribution >= 0.6 is 0 Å². The molecule has 0 N–H and O–H groups in total. The lowest BCUT2D eigenvalue weighted by molar-refractivity contribution is 0.221. The molecule has 1 aromatic carbocycles. The third-order valence-electron chi connectivity index (χ3n) is 3.77. The number of nitrogens with zero attached hydrogens (tertiary/aromatic N) is 1. The Balaban J connectivity index is 1.81. The summed E-state index contributed by atoms with van der Waals surface area (Å²) in [6, 6.07) is 3.28. The van der Waals surface area contributed by atoms with E-state index in [-0.39, 0.29) is 5.75 Å². The van der Waals surface area contributed by atoms with Crippen LogP contribution in [-0.4, -0.2) is 30.6 Å². The van der Waals surface area contributed by atoms with Crippen molar-refractivity contribution in [1.82, 2.24) is 4.90 Å². The molecular weight excluding hydrogens is 248 g/mol. The largest absolute Gasteiger partial charge is 0.488 e. The number of halogens is 2. The summed E-state index contributed by atoms with van der Waals surface area (Å²) in [4.78, 5) is 2.40. The van der Waals surface area contributed by atoms with Gasteiger partial charge in [-0.25, -0.2) is 8.78 Å². The number of hydrogen-bond acceptors (Lipinski definition) is 2. The Morgan fingerprint density at radius 1 is 1.37 bits per heavy atom. The third-order valence-corrected chi connectivity index (χ3v) is 3.77. The molecule has 0 amide bonds. The van der Waals surface area contributed by atoms with E-state index < -0.39 is 11.6 Å². The minimum Gasteiger partial charge on any atom is -0.488 e. The number of benzene rings is 1. The van der Waals surface area contributed by atoms with Crippen molar-refractivity contribution in [2.24, 2.45) is 0 Å². The fraction of sp³-hybridized carbons (Fsp3) is 0.600. The molecule has 0 spiro atoms. The highest BCUT2D eigenvalue weighted by molar-refractivity contribution is 5.31. The summed E-state index contributed by atoms with van der Waals surface area (Å²) in [5, 5.41) is 0. The summed E-state index contributed by atoms with van der Waals surface area (Å²) in [5.74, 6) is -1.46. The molecule has 1 unspecified atom stereocenters. The molecule has 106 valence electrons. The van der Waals surface area contributed by atoms with Crippen LogP contribution in [0.3, 0.4) is 0 Å². The SMILES string of the molecule is Cc1ccc(F)c(OCCCN2CCCC2C)c1F. The fourth-order valence-electron chi connectivity index (χ4n) is 2.53. The number of likely N-dealkylation sites (tertiary alicyclic amines) is 1. The van der Waals surface area contributed by atoms with E-state index in [9.17, 15) is 8.78 Å². The Labute approximate surface area is 113 Å². The molecule has 0 aliphatic carbocycles. The highest BCUT2D eigenvalue weighted by atomic mass is 19.1. The van der Waals surface area contributed by atoms with Crippen molar-refractivity contribution in [3.05, 3.63) is 29.3 Å². The van der Waals surface area contributed by atoms with E-state index >= 15 is 0 Å². The molecule has 1 aliphatic rings. The molecule has 1 aliphatic heterocycles. The van der Waals surface area contributed by atoms with Crippen molar-refractivity contribution in [1.29, 1.82) is 0 Å². The maximum atomic E-state index is 13.7. The molecule has 0 saturated carbocycles. The number of aryl methyl sites for hydroxylation is 1. The maximum absolute atomic E-state index is 13.7. The molecule has 0 bridgehead atoms. The van der Waals surface area contributed by atoms with Gasteiger partial charge in [-0.3, -0.25) is 0 Å². The first-order valence-corrected chi connectivity index (χ1v) is 6.91. The predicted molar refractivity (Wildman–Crippen MR) is 71.5 cm³/mol. The first kappa shape index (κ1) is 14.3. The van der Waals surface area contributed by atoms with Crippen LogP contribution in [-0.2, 0) is 0 Å². The summed E-state index contributed by atoms with van der Waals surface area (Å²) < 4.78 is 32.4. The van der Waals surface area contributed by atoms with E-state index in [0.29, 0.717) is 18.2 Å². The zero-order chi connectivity index (χ0) is 13.8. The van der Waals surface area contributed by atoms with Gasteiger partial charge in [0.2, 0.25) is 0 Å². The van der Waals surface area contributed by atoms with Gasteiger partial charge in [-0.1, -0.05) is 6.07 Å². The Hall–Kier alpha value is -1.16. The summed E-state index contributed by atoms with van der Waals surface area (Å²) in [7, 11) is 0. The smallest absolute Gasteiger partial charge is 0.190 e. The summed E-state index contributed by atoms with van der Waals surface area (Å²) >= 11 is 0. The topological polar surface area (TPSA) is 12.5 Å². The standard InChI is InChI=1S/C15H21F2NO/c1-11-6-7-13(16)15(14(11)17)19-10-4-9-18-8-3-5-12(18)2/h6-7,12H,3-5,8-10H2,1-2H3. The quantitative estimate of drug-likeness (QED) is 0.758. The zero-order valence-electron chi connectivity index (χ0n) is 11.6. The molecule has 1 aromatic rings. The molecular formula is C15H21F2NO. The Kier molecular flexibility index (Phi) is 4.75. The number of ether oxygens (including phenoxy) is 1. The fourth-order valence-corrected chi connectivity index (χ4v) is 2.53. The van der Waals surface area contributed by atoms with Gasteiger partial charge in [-0.05, 0) is 51.3 Å². The molecule has 4 heteroatoms. The van der Waals surface area contributed by atoms with Crippen LogP contribution < -0.4 is 4.74 Å². The van der Waals surface area contributed by atoms with Gasteiger partial charge >= 0.3 is 0 Å². The molecule has 1 fully saturated rings. The zero-order valence-corrected chi connectivity index (χ0v) is 11.6. The minimum absolute atomic E-state index is 0.241. The van der Waals surface area contributed by atoms with Crippen molar-refractivity contribution >= 4 is 0 Å². The summed E-state index contributed by atoms with van der Waals surface area (Å²) in [6.45, 7) is 6.21. The van der Waals surface area contributed by atoms with Crippen LogP contribution in [0.15, 0.2) is 12.1 Å². The molecule has 2 nitrogen and oxygen atoms in total. The van der Waals surface area contributed by atoms with E-state index in [1.54, 1.807) is 6.92 Å². The van der Waals surface area contributed by atoms with Gasteiger partial charge in [-0.2, -0.15) is 0 Å². The lowest BCUT2D eigenvalue weighted by Crippen LogP contribution is -2.28. The van der Waals surface area contributed by atoms with Gasteiger partial charge in [-0.15, -0.1) is 0 Å². The highest BCUT2D eigenvalue weighted by Gasteiger charge is 2.19. The molecule has 2 rings (SSSR count). The molecule has 0 radical (unpaired) electrons. The second-order valence-corrected chi connectivity index (χ2v) is 5.24. The van der Waals surface area contributed by atoms with Crippen molar-refractivity contribution in [2.75, 3.05) is 19.7 Å². The van der Waals surface area contributed by atoms with Gasteiger partial charge in [0.25, 0.3) is 0 Å². The average Bonchev–Trinajstić information content (AvgIpc) is 2.79. The third kappa shape index (κ3) is 3.44. The minimum atomic E-state index is -0.627. The maximum Gasteiger partial charge on any atom is 0.190 e. The lowest BCUT2D eigenvalue weighted by Gasteiger charge is -2.20. The van der Waals surface area contributed by atoms with Crippen LogP contribution in [0.25, 0.3) is 0 Å². The van der Waals surface area contributed by atoms with E-state index in [2.05, 4.69) is 11.8 Å². The van der Waals surface area contributed by atoms with Crippen LogP contribution in [0.4, 0.5) is 8.78 Å². The Morgan fingerprint density at radius 3 is 2.84 bits per heavy atom. The van der Waals surface area contributed by atoms with E-state index in [1.807, 2.05) is 0 Å². The van der Waals surface area contributed by atoms with E-state index in [0.717, 1.165) is 19.5 Å². The molecule has 1 atom stereocenters. The van der Waals surface area contributed by atoms with Crippen LogP contribution in [0.5, 0.6) is 5.75 Å². The van der Waals surface area contributed by atoms with Gasteiger partial charge < -0.3 is 9.64 Å². The van der Waals surface area contributed by atoms with Gasteiger partial charge in [0, 0.05) is 12.6 Å². The second-order valence-electron chi connectivity index (χ2n) is 5.24. The summed E-state index contributed by atoms with van der Waals surface area (Å²) in [5.41, 5.74) is 0.407. The Morgan fingerprint density at radius 2 is 2.16 bits per heavy atom. The van der Waals surface area contributed by atoms with Crippen molar-refractivity contribution in [3.8, 4) is 5.75 Å². The first-order valence-electron chi connectivity index (χ1n) is 6.91. The Bertz CT molecular complexity index is 436. The number of hydrogen-bond donors (Lipinski definition) is 0. The van der Waals surface area contributed by atoms with Crippen LogP contribution in [0.2, 0.25) is 0 Å². The van der Waals surface area contributed by atoms with Gasteiger partial charge in [0.1, 0.15) is 0 Å². The molecule has 0 aromatic heterocycles. The summed E-state index contributed by atoms with van der Waals surface area (Å²) in [6.07, 6.45) is 3.27. The highest BCUT2D eigenvalue weighted by Crippen LogP contribution is 2.24. The lowest BCUT2D eigenvalue weighted by atomic mass is 10.2. The first-order chi connectivity index (χ1) is 9.09. The monoisotopic (exact) mass is 269 g/mol. The molecule has 19 heavy (non-hydrogen) atoms. The van der Waals surface area contributed by atoms with Crippen molar-refractivity contribution < 1.29 is 13.5 Å².